The molecule has 0 aliphatic carbocycles. The summed E-state index contributed by atoms with van der Waals surface area (Å²) in [5, 5.41) is 2.50. The zero-order chi connectivity index (χ0) is 25.2. The van der Waals surface area contributed by atoms with Crippen LogP contribution in [-0.2, 0) is 10.9 Å². The second-order valence-electron chi connectivity index (χ2n) is 8.30. The van der Waals surface area contributed by atoms with E-state index in [-0.39, 0.29) is 11.6 Å². The number of anilines is 2. The molecule has 10 heteroatoms. The number of carbonyl (C=O) groups is 2. The number of methoxy groups -OCH3 is 1. The van der Waals surface area contributed by atoms with Gasteiger partial charge in [-0.2, -0.15) is 13.2 Å². The standard InChI is InChI=1S/C25H23F3N4O3/c1-15-3-4-16(23(33)31-19-10-18(11-30-12-19)25(26,27)28)9-21(15)17-6-8-32(14-17)22-13-29-7-5-20(22)24(34)35-2/h3-5,7,9-13,17H,6,8,14H2,1-2H3,(H,31,33)/t17-/m1/s1. The monoisotopic (exact) mass is 484 g/mol. The third-order valence-corrected chi connectivity index (χ3v) is 6.04. The molecule has 1 atom stereocenters. The molecule has 1 N–H and O–H groups in total. The lowest BCUT2D eigenvalue weighted by atomic mass is 9.92. The van der Waals surface area contributed by atoms with Crippen molar-refractivity contribution in [2.45, 2.75) is 25.4 Å². The number of amides is 1. The van der Waals surface area contributed by atoms with Gasteiger partial charge in [0.2, 0.25) is 0 Å². The van der Waals surface area contributed by atoms with Crippen molar-refractivity contribution in [3.8, 4) is 0 Å². The Morgan fingerprint density at radius 3 is 2.66 bits per heavy atom. The van der Waals surface area contributed by atoms with Crippen LogP contribution in [0.3, 0.4) is 0 Å². The Morgan fingerprint density at radius 2 is 1.91 bits per heavy atom. The molecular weight excluding hydrogens is 461 g/mol. The van der Waals surface area contributed by atoms with Crippen LogP contribution < -0.4 is 10.2 Å². The minimum absolute atomic E-state index is 0.0362. The van der Waals surface area contributed by atoms with Gasteiger partial charge in [0.15, 0.2) is 0 Å². The van der Waals surface area contributed by atoms with Gasteiger partial charge in [-0.3, -0.25) is 14.8 Å². The first kappa shape index (κ1) is 24.2. The second-order valence-corrected chi connectivity index (χ2v) is 8.30. The lowest BCUT2D eigenvalue weighted by Gasteiger charge is -2.21. The molecule has 0 bridgehead atoms. The van der Waals surface area contributed by atoms with E-state index in [0.717, 1.165) is 23.6 Å². The number of halogens is 3. The van der Waals surface area contributed by atoms with Gasteiger partial charge in [0.05, 0.1) is 42.0 Å². The van der Waals surface area contributed by atoms with Crippen molar-refractivity contribution in [2.75, 3.05) is 30.4 Å². The molecule has 182 valence electrons. The average molecular weight is 484 g/mol. The van der Waals surface area contributed by atoms with E-state index in [2.05, 4.69) is 20.2 Å². The van der Waals surface area contributed by atoms with Gasteiger partial charge in [-0.1, -0.05) is 6.07 Å². The van der Waals surface area contributed by atoms with Crippen molar-refractivity contribution in [1.82, 2.24) is 9.97 Å². The van der Waals surface area contributed by atoms with Crippen molar-refractivity contribution in [1.29, 1.82) is 0 Å². The molecule has 1 aliphatic heterocycles. The van der Waals surface area contributed by atoms with Gasteiger partial charge in [-0.15, -0.1) is 0 Å². The van der Waals surface area contributed by atoms with Gasteiger partial charge in [0.1, 0.15) is 0 Å². The van der Waals surface area contributed by atoms with Gasteiger partial charge in [-0.05, 0) is 48.7 Å². The molecule has 2 aromatic heterocycles. The number of aromatic nitrogens is 2. The fourth-order valence-corrected chi connectivity index (χ4v) is 4.24. The van der Waals surface area contributed by atoms with Gasteiger partial charge < -0.3 is 15.0 Å². The topological polar surface area (TPSA) is 84.4 Å². The van der Waals surface area contributed by atoms with Crippen LogP contribution in [0.25, 0.3) is 0 Å². The van der Waals surface area contributed by atoms with E-state index in [4.69, 9.17) is 4.74 Å². The molecule has 1 fully saturated rings. The number of benzene rings is 1. The van der Waals surface area contributed by atoms with Gasteiger partial charge in [-0.25, -0.2) is 4.79 Å². The number of pyridine rings is 2. The number of hydrogen-bond donors (Lipinski definition) is 1. The molecular formula is C25H23F3N4O3. The molecule has 0 saturated carbocycles. The molecule has 1 amide bonds. The average Bonchev–Trinajstić information content (AvgIpc) is 3.33. The SMILES string of the molecule is COC(=O)c1ccncc1N1CC[C@@H](c2cc(C(=O)Nc3cncc(C(F)(F)F)c3)ccc2C)C1. The fourth-order valence-electron chi connectivity index (χ4n) is 4.24. The Kier molecular flexibility index (Phi) is 6.72. The first-order chi connectivity index (χ1) is 16.7. The van der Waals surface area contributed by atoms with E-state index in [1.54, 1.807) is 24.4 Å². The Hall–Kier alpha value is -3.95. The van der Waals surface area contributed by atoms with E-state index >= 15 is 0 Å². The second kappa shape index (κ2) is 9.73. The maximum absolute atomic E-state index is 13.0. The maximum Gasteiger partial charge on any atom is 0.417 e. The Morgan fingerprint density at radius 1 is 1.11 bits per heavy atom. The summed E-state index contributed by atoms with van der Waals surface area (Å²) in [7, 11) is 1.33. The number of alkyl halides is 3. The van der Waals surface area contributed by atoms with Crippen LogP contribution in [0.4, 0.5) is 24.5 Å². The summed E-state index contributed by atoms with van der Waals surface area (Å²) in [6, 6.07) is 7.69. The fraction of sp³-hybridized carbons (Fsp3) is 0.280. The Balaban J connectivity index is 1.53. The number of nitrogens with zero attached hydrogens (tertiary/aromatic N) is 3. The highest BCUT2D eigenvalue weighted by atomic mass is 19.4. The highest BCUT2D eigenvalue weighted by Gasteiger charge is 2.31. The van der Waals surface area contributed by atoms with E-state index < -0.39 is 23.6 Å². The molecule has 1 aromatic carbocycles. The highest BCUT2D eigenvalue weighted by molar-refractivity contribution is 6.04. The molecule has 0 spiro atoms. The molecule has 0 unspecified atom stereocenters. The molecule has 35 heavy (non-hydrogen) atoms. The van der Waals surface area contributed by atoms with Crippen LogP contribution >= 0.6 is 0 Å². The van der Waals surface area contributed by atoms with E-state index in [1.165, 1.54) is 19.5 Å². The minimum atomic E-state index is -4.55. The summed E-state index contributed by atoms with van der Waals surface area (Å²) in [5.41, 5.74) is 2.43. The Bertz CT molecular complexity index is 1260. The maximum atomic E-state index is 13.0. The van der Waals surface area contributed by atoms with Gasteiger partial charge >= 0.3 is 12.1 Å². The molecule has 1 saturated heterocycles. The molecule has 1 aliphatic rings. The van der Waals surface area contributed by atoms with E-state index in [9.17, 15) is 22.8 Å². The number of esters is 1. The predicted octanol–water partition coefficient (Wildman–Crippen LogP) is 4.84. The summed E-state index contributed by atoms with van der Waals surface area (Å²) in [6.45, 7) is 3.24. The van der Waals surface area contributed by atoms with E-state index in [0.29, 0.717) is 36.1 Å². The zero-order valence-corrected chi connectivity index (χ0v) is 19.1. The molecule has 4 rings (SSSR count). The van der Waals surface area contributed by atoms with Crippen LogP contribution in [0.15, 0.2) is 55.1 Å². The molecule has 0 radical (unpaired) electrons. The largest absolute Gasteiger partial charge is 0.465 e. The number of carbonyl (C=O) groups excluding carboxylic acids is 2. The van der Waals surface area contributed by atoms with Crippen molar-refractivity contribution in [2.24, 2.45) is 0 Å². The lowest BCUT2D eigenvalue weighted by molar-refractivity contribution is -0.137. The summed E-state index contributed by atoms with van der Waals surface area (Å²) in [4.78, 5) is 34.7. The third kappa shape index (κ3) is 5.26. The molecule has 3 heterocycles. The Labute approximate surface area is 200 Å². The smallest absolute Gasteiger partial charge is 0.417 e. The first-order valence-corrected chi connectivity index (χ1v) is 10.9. The summed E-state index contributed by atoms with van der Waals surface area (Å²) in [6.07, 6.45) is 1.28. The normalized spacial score (nSPS) is 15.7. The highest BCUT2D eigenvalue weighted by Crippen LogP contribution is 2.34. The van der Waals surface area contributed by atoms with Crippen LogP contribution in [0.1, 0.15) is 49.7 Å². The van der Waals surface area contributed by atoms with Crippen molar-refractivity contribution < 1.29 is 27.5 Å². The predicted molar refractivity (Wildman–Crippen MR) is 124 cm³/mol. The number of ether oxygens (including phenoxy) is 1. The summed E-state index contributed by atoms with van der Waals surface area (Å²) in [5.74, 6) is -0.879. The van der Waals surface area contributed by atoms with Gasteiger partial charge in [0.25, 0.3) is 5.91 Å². The van der Waals surface area contributed by atoms with Crippen LogP contribution in [-0.4, -0.2) is 42.0 Å². The number of aryl methyl sites for hydroxylation is 1. The van der Waals surface area contributed by atoms with Gasteiger partial charge in [0, 0.05) is 37.0 Å². The number of nitrogens with one attached hydrogen (secondary N) is 1. The molecule has 7 nitrogen and oxygen atoms in total. The molecule has 3 aromatic rings. The van der Waals surface area contributed by atoms with Crippen molar-refractivity contribution in [3.63, 3.8) is 0 Å². The van der Waals surface area contributed by atoms with Crippen LogP contribution in [0.2, 0.25) is 0 Å². The summed E-state index contributed by atoms with van der Waals surface area (Å²) >= 11 is 0. The lowest BCUT2D eigenvalue weighted by Crippen LogP contribution is -2.22. The first-order valence-electron chi connectivity index (χ1n) is 10.9. The van der Waals surface area contributed by atoms with Crippen LogP contribution in [0, 0.1) is 6.92 Å². The third-order valence-electron chi connectivity index (χ3n) is 6.04. The van der Waals surface area contributed by atoms with Crippen molar-refractivity contribution in [3.05, 3.63) is 82.9 Å². The minimum Gasteiger partial charge on any atom is -0.465 e. The summed E-state index contributed by atoms with van der Waals surface area (Å²) < 4.78 is 43.7. The number of rotatable bonds is 5. The van der Waals surface area contributed by atoms with Crippen LogP contribution in [0.5, 0.6) is 0 Å². The zero-order valence-electron chi connectivity index (χ0n) is 19.1. The van der Waals surface area contributed by atoms with Crippen molar-refractivity contribution >= 4 is 23.3 Å². The number of hydrogen-bond acceptors (Lipinski definition) is 6. The quantitative estimate of drug-likeness (QED) is 0.522. The van der Waals surface area contributed by atoms with E-state index in [1.807, 2.05) is 13.0 Å².